The Morgan fingerprint density at radius 2 is 1.39 bits per heavy atom. The molecular weight excluding hydrogens is 226 g/mol. The zero-order valence-corrected chi connectivity index (χ0v) is 11.2. The highest BCUT2D eigenvalue weighted by atomic mass is 16.1. The van der Waals surface area contributed by atoms with Gasteiger partial charge in [0.15, 0.2) is 5.78 Å². The van der Waals surface area contributed by atoms with Crippen LogP contribution in [0.2, 0.25) is 0 Å². The van der Waals surface area contributed by atoms with Gasteiger partial charge in [-0.2, -0.15) is 0 Å². The largest absolute Gasteiger partial charge is 0.353 e. The Morgan fingerprint density at radius 1 is 0.833 bits per heavy atom. The maximum Gasteiger partial charge on any atom is 0.243 e. The second-order valence-corrected chi connectivity index (χ2v) is 4.39. The van der Waals surface area contributed by atoms with Crippen LogP contribution in [0.5, 0.6) is 0 Å². The molecule has 0 atom stereocenters. The molecule has 0 aliphatic carbocycles. The number of ketones is 1. The van der Waals surface area contributed by atoms with E-state index in [2.05, 4.69) is 18.5 Å². The minimum Gasteiger partial charge on any atom is -0.353 e. The monoisotopic (exact) mass is 251 g/mol. The number of nitrogens with one attached hydrogen (secondary N) is 1. The second kappa shape index (κ2) is 12.1. The molecule has 0 rings (SSSR count). The van der Waals surface area contributed by atoms with Crippen LogP contribution in [-0.2, 0) is 9.59 Å². The zero-order valence-electron chi connectivity index (χ0n) is 11.2. The highest BCUT2D eigenvalue weighted by Crippen LogP contribution is 2.08. The van der Waals surface area contributed by atoms with E-state index < -0.39 is 0 Å². The van der Waals surface area contributed by atoms with E-state index in [1.807, 2.05) is 0 Å². The van der Waals surface area contributed by atoms with Crippen LogP contribution < -0.4 is 5.32 Å². The molecule has 0 radical (unpaired) electrons. The van der Waals surface area contributed by atoms with Gasteiger partial charge in [-0.15, -0.1) is 0 Å². The first kappa shape index (κ1) is 16.6. The van der Waals surface area contributed by atoms with Crippen molar-refractivity contribution in [2.24, 2.45) is 0 Å². The molecule has 1 amide bonds. The van der Waals surface area contributed by atoms with E-state index in [1.165, 1.54) is 31.4 Å². The summed E-state index contributed by atoms with van der Waals surface area (Å²) in [5, 5.41) is 2.76. The van der Waals surface area contributed by atoms with Crippen molar-refractivity contribution in [3.63, 3.8) is 0 Å². The number of carbonyl (C=O) groups excluding carboxylic acids is 2. The molecule has 0 spiro atoms. The van der Waals surface area contributed by atoms with Gasteiger partial charge in [0.05, 0.1) is 0 Å². The van der Waals surface area contributed by atoms with E-state index in [4.69, 9.17) is 0 Å². The lowest BCUT2D eigenvalue weighted by Gasteiger charge is -2.02. The van der Waals surface area contributed by atoms with Crippen molar-refractivity contribution in [2.75, 3.05) is 6.54 Å². The van der Waals surface area contributed by atoms with E-state index in [0.717, 1.165) is 32.2 Å². The fraction of sp³-hybridized carbons (Fsp3) is 0.600. The summed E-state index contributed by atoms with van der Waals surface area (Å²) in [6.07, 6.45) is 11.2. The maximum absolute atomic E-state index is 10.9. The number of hydrogen-bond acceptors (Lipinski definition) is 2. The first-order chi connectivity index (χ1) is 8.70. The van der Waals surface area contributed by atoms with Crippen LogP contribution in [0.15, 0.2) is 25.3 Å². The molecule has 3 nitrogen and oxygen atoms in total. The molecule has 0 aliphatic rings. The minimum atomic E-state index is -0.0955. The van der Waals surface area contributed by atoms with Gasteiger partial charge in [-0.1, -0.05) is 45.3 Å². The predicted octanol–water partition coefficient (Wildman–Crippen LogP) is 3.16. The third-order valence-electron chi connectivity index (χ3n) is 2.81. The van der Waals surface area contributed by atoms with Gasteiger partial charge >= 0.3 is 0 Å². The Hall–Kier alpha value is -1.38. The van der Waals surface area contributed by atoms with Gasteiger partial charge in [-0.05, 0) is 25.0 Å². The molecule has 0 aliphatic heterocycles. The number of allylic oxidation sites excluding steroid dienone is 1. The van der Waals surface area contributed by atoms with Gasteiger partial charge in [-0.3, -0.25) is 9.59 Å². The average molecular weight is 251 g/mol. The molecule has 0 aromatic heterocycles. The molecule has 0 fully saturated rings. The summed E-state index contributed by atoms with van der Waals surface area (Å²) < 4.78 is 0. The average Bonchev–Trinajstić information content (AvgIpc) is 2.40. The number of carbonyl (C=O) groups is 2. The van der Waals surface area contributed by atoms with Crippen LogP contribution in [0.1, 0.15) is 51.4 Å². The van der Waals surface area contributed by atoms with E-state index >= 15 is 0 Å². The molecule has 1 N–H and O–H groups in total. The number of amides is 1. The van der Waals surface area contributed by atoms with E-state index in [0.29, 0.717) is 6.42 Å². The fourth-order valence-electron chi connectivity index (χ4n) is 1.69. The lowest BCUT2D eigenvalue weighted by atomic mass is 10.1. The van der Waals surface area contributed by atoms with E-state index in [9.17, 15) is 9.59 Å². The molecular formula is C15H25NO2. The fourth-order valence-corrected chi connectivity index (χ4v) is 1.69. The third kappa shape index (κ3) is 11.1. The summed E-state index contributed by atoms with van der Waals surface area (Å²) in [6.45, 7) is 7.58. The van der Waals surface area contributed by atoms with Crippen LogP contribution in [0, 0.1) is 0 Å². The van der Waals surface area contributed by atoms with Crippen molar-refractivity contribution >= 4 is 11.7 Å². The normalized spacial score (nSPS) is 9.78. The van der Waals surface area contributed by atoms with Crippen LogP contribution in [-0.4, -0.2) is 18.2 Å². The van der Waals surface area contributed by atoms with Gasteiger partial charge in [0, 0.05) is 13.0 Å². The Bertz CT molecular complexity index is 244. The highest BCUT2D eigenvalue weighted by Gasteiger charge is 1.96. The van der Waals surface area contributed by atoms with Crippen LogP contribution in [0.4, 0.5) is 0 Å². The first-order valence-electron chi connectivity index (χ1n) is 6.76. The zero-order chi connectivity index (χ0) is 13.6. The SMILES string of the molecule is C=CC(=O)CCCCCCCCCNC(=O)C=C. The summed E-state index contributed by atoms with van der Waals surface area (Å²) in [6, 6.07) is 0. The van der Waals surface area contributed by atoms with Crippen molar-refractivity contribution in [3.8, 4) is 0 Å². The Labute approximate surface area is 110 Å². The number of unbranched alkanes of at least 4 members (excludes halogenated alkanes) is 6. The Kier molecular flexibility index (Phi) is 11.2. The summed E-state index contributed by atoms with van der Waals surface area (Å²) in [5.41, 5.74) is 0. The van der Waals surface area contributed by atoms with Crippen molar-refractivity contribution in [1.82, 2.24) is 5.32 Å². The van der Waals surface area contributed by atoms with Crippen molar-refractivity contribution < 1.29 is 9.59 Å². The van der Waals surface area contributed by atoms with Gasteiger partial charge in [0.2, 0.25) is 5.91 Å². The van der Waals surface area contributed by atoms with E-state index in [1.54, 1.807) is 0 Å². The Morgan fingerprint density at radius 3 is 1.94 bits per heavy atom. The molecule has 18 heavy (non-hydrogen) atoms. The highest BCUT2D eigenvalue weighted by molar-refractivity contribution is 5.88. The number of hydrogen-bond donors (Lipinski definition) is 1. The van der Waals surface area contributed by atoms with Crippen LogP contribution in [0.3, 0.4) is 0 Å². The minimum absolute atomic E-state index is 0.0955. The molecule has 0 bridgehead atoms. The molecule has 0 unspecified atom stereocenters. The first-order valence-corrected chi connectivity index (χ1v) is 6.76. The van der Waals surface area contributed by atoms with Crippen molar-refractivity contribution in [3.05, 3.63) is 25.3 Å². The molecule has 0 saturated heterocycles. The molecule has 3 heteroatoms. The summed E-state index contributed by atoms with van der Waals surface area (Å²) in [7, 11) is 0. The van der Waals surface area contributed by atoms with Crippen molar-refractivity contribution in [1.29, 1.82) is 0 Å². The third-order valence-corrected chi connectivity index (χ3v) is 2.81. The standard InChI is InChI=1S/C15H25NO2/c1-3-14(17)12-10-8-6-5-7-9-11-13-16-15(18)4-2/h3-4H,1-2,5-13H2,(H,16,18). The van der Waals surface area contributed by atoms with Gasteiger partial charge in [0.1, 0.15) is 0 Å². The molecule has 102 valence electrons. The molecule has 0 heterocycles. The summed E-state index contributed by atoms with van der Waals surface area (Å²) >= 11 is 0. The molecule has 0 aromatic carbocycles. The van der Waals surface area contributed by atoms with Crippen LogP contribution >= 0.6 is 0 Å². The topological polar surface area (TPSA) is 46.2 Å². The van der Waals surface area contributed by atoms with E-state index in [-0.39, 0.29) is 11.7 Å². The quantitative estimate of drug-likeness (QED) is 0.428. The predicted molar refractivity (Wildman–Crippen MR) is 75.3 cm³/mol. The molecule has 0 saturated carbocycles. The maximum atomic E-state index is 10.9. The van der Waals surface area contributed by atoms with Crippen molar-refractivity contribution in [2.45, 2.75) is 51.4 Å². The van der Waals surface area contributed by atoms with Gasteiger partial charge in [-0.25, -0.2) is 0 Å². The lowest BCUT2D eigenvalue weighted by Crippen LogP contribution is -2.21. The smallest absolute Gasteiger partial charge is 0.243 e. The Balaban J connectivity index is 3.12. The van der Waals surface area contributed by atoms with Crippen LogP contribution in [0.25, 0.3) is 0 Å². The van der Waals surface area contributed by atoms with Gasteiger partial charge in [0.25, 0.3) is 0 Å². The lowest BCUT2D eigenvalue weighted by molar-refractivity contribution is -0.116. The summed E-state index contributed by atoms with van der Waals surface area (Å²) in [4.78, 5) is 21.8. The summed E-state index contributed by atoms with van der Waals surface area (Å²) in [5.74, 6) is 0.0508. The van der Waals surface area contributed by atoms with Gasteiger partial charge < -0.3 is 5.32 Å². The second-order valence-electron chi connectivity index (χ2n) is 4.39. The molecule has 0 aromatic rings. The number of rotatable bonds is 12.